The van der Waals surface area contributed by atoms with Gasteiger partial charge < -0.3 is 10.2 Å². The summed E-state index contributed by atoms with van der Waals surface area (Å²) < 4.78 is 1.16. The molecule has 1 amide bonds. The summed E-state index contributed by atoms with van der Waals surface area (Å²) in [6.07, 6.45) is 0. The van der Waals surface area contributed by atoms with Crippen molar-refractivity contribution in [1.82, 2.24) is 15.2 Å². The van der Waals surface area contributed by atoms with Crippen LogP contribution >= 0.6 is 11.3 Å². The van der Waals surface area contributed by atoms with Crippen LogP contribution in [0.1, 0.15) is 23.5 Å². The van der Waals surface area contributed by atoms with Crippen molar-refractivity contribution < 1.29 is 4.79 Å². The Kier molecular flexibility index (Phi) is 5.23. The summed E-state index contributed by atoms with van der Waals surface area (Å²) in [5, 5.41) is 4.24. The van der Waals surface area contributed by atoms with Gasteiger partial charge in [-0.15, -0.1) is 11.3 Å². The third kappa shape index (κ3) is 3.99. The van der Waals surface area contributed by atoms with E-state index < -0.39 is 0 Å². The van der Waals surface area contributed by atoms with Gasteiger partial charge in [-0.25, -0.2) is 4.98 Å². The van der Waals surface area contributed by atoms with Gasteiger partial charge in [-0.1, -0.05) is 42.5 Å². The van der Waals surface area contributed by atoms with E-state index in [4.69, 9.17) is 0 Å². The zero-order valence-corrected chi connectivity index (χ0v) is 14.7. The molecule has 3 aromatic rings. The molecule has 24 heavy (non-hydrogen) atoms. The maximum atomic E-state index is 12.3. The van der Waals surface area contributed by atoms with Crippen LogP contribution in [0.25, 0.3) is 10.2 Å². The second-order valence-electron chi connectivity index (χ2n) is 5.84. The highest BCUT2D eigenvalue weighted by atomic mass is 32.1. The summed E-state index contributed by atoms with van der Waals surface area (Å²) in [6.45, 7) is 2.92. The molecule has 0 aliphatic heterocycles. The largest absolute Gasteiger partial charge is 0.338 e. The van der Waals surface area contributed by atoms with Crippen molar-refractivity contribution in [2.75, 3.05) is 13.6 Å². The number of carbonyl (C=O) groups is 1. The highest BCUT2D eigenvalue weighted by Gasteiger charge is 2.13. The van der Waals surface area contributed by atoms with Gasteiger partial charge in [0.25, 0.3) is 0 Å². The van der Waals surface area contributed by atoms with Crippen molar-refractivity contribution in [3.8, 4) is 0 Å². The lowest BCUT2D eigenvalue weighted by atomic mass is 10.1. The van der Waals surface area contributed by atoms with E-state index in [1.807, 2.05) is 43.4 Å². The van der Waals surface area contributed by atoms with Crippen molar-refractivity contribution >= 4 is 27.5 Å². The molecule has 1 aromatic heterocycles. The number of benzene rings is 2. The summed E-state index contributed by atoms with van der Waals surface area (Å²) in [7, 11) is 1.82. The molecule has 3 rings (SSSR count). The Morgan fingerprint density at radius 1 is 1.17 bits per heavy atom. The van der Waals surface area contributed by atoms with Gasteiger partial charge in [0.05, 0.1) is 23.3 Å². The Balaban J connectivity index is 1.54. The molecule has 0 radical (unpaired) electrons. The first-order valence-corrected chi connectivity index (χ1v) is 8.82. The Bertz CT molecular complexity index is 783. The molecular weight excluding hydrogens is 318 g/mol. The molecule has 1 atom stereocenters. The number of aromatic nitrogens is 1. The second kappa shape index (κ2) is 7.55. The lowest BCUT2D eigenvalue weighted by Crippen LogP contribution is -2.36. The van der Waals surface area contributed by atoms with Crippen LogP contribution in [0.2, 0.25) is 0 Å². The number of hydrogen-bond donors (Lipinski definition) is 1. The molecule has 124 valence electrons. The fourth-order valence-electron chi connectivity index (χ4n) is 2.51. The van der Waals surface area contributed by atoms with Gasteiger partial charge in [-0.3, -0.25) is 4.79 Å². The van der Waals surface area contributed by atoms with Gasteiger partial charge in [0.2, 0.25) is 5.91 Å². The maximum absolute atomic E-state index is 12.3. The van der Waals surface area contributed by atoms with E-state index in [1.165, 1.54) is 5.56 Å². The van der Waals surface area contributed by atoms with Crippen molar-refractivity contribution in [1.29, 1.82) is 0 Å². The first-order valence-electron chi connectivity index (χ1n) is 8.00. The zero-order valence-electron chi connectivity index (χ0n) is 13.9. The van der Waals surface area contributed by atoms with Crippen LogP contribution in [0.3, 0.4) is 0 Å². The van der Waals surface area contributed by atoms with Gasteiger partial charge in [0.15, 0.2) is 0 Å². The molecule has 2 aromatic carbocycles. The number of carbonyl (C=O) groups excluding carboxylic acids is 1. The van der Waals surface area contributed by atoms with Crippen LogP contribution in [0.4, 0.5) is 0 Å². The number of likely N-dealkylation sites (N-methyl/N-ethyl adjacent to an activating group) is 1. The summed E-state index contributed by atoms with van der Waals surface area (Å²) in [5.74, 6) is 0.0667. The minimum Gasteiger partial charge on any atom is -0.338 e. The lowest BCUT2D eigenvalue weighted by Gasteiger charge is -2.19. The van der Waals surface area contributed by atoms with E-state index in [0.717, 1.165) is 15.2 Å². The number of amides is 1. The van der Waals surface area contributed by atoms with E-state index in [2.05, 4.69) is 35.4 Å². The molecule has 0 aliphatic carbocycles. The van der Waals surface area contributed by atoms with Crippen LogP contribution < -0.4 is 5.32 Å². The van der Waals surface area contributed by atoms with Crippen LogP contribution in [-0.4, -0.2) is 29.4 Å². The number of nitrogens with zero attached hydrogens (tertiary/aromatic N) is 2. The van der Waals surface area contributed by atoms with Crippen molar-refractivity contribution in [3.63, 3.8) is 0 Å². The fraction of sp³-hybridized carbons (Fsp3) is 0.263. The number of nitrogens with one attached hydrogen (secondary N) is 1. The second-order valence-corrected chi connectivity index (χ2v) is 6.95. The minimum absolute atomic E-state index is 0.0667. The Labute approximate surface area is 146 Å². The monoisotopic (exact) mass is 339 g/mol. The summed E-state index contributed by atoms with van der Waals surface area (Å²) >= 11 is 1.64. The molecule has 4 nitrogen and oxygen atoms in total. The van der Waals surface area contributed by atoms with Gasteiger partial charge in [0, 0.05) is 13.1 Å². The lowest BCUT2D eigenvalue weighted by molar-refractivity contribution is -0.129. The maximum Gasteiger partial charge on any atom is 0.236 e. The summed E-state index contributed by atoms with van der Waals surface area (Å²) in [6, 6.07) is 18.3. The molecule has 5 heteroatoms. The van der Waals surface area contributed by atoms with Crippen LogP contribution in [0, 0.1) is 0 Å². The van der Waals surface area contributed by atoms with Crippen LogP contribution in [0.15, 0.2) is 54.6 Å². The van der Waals surface area contributed by atoms with E-state index in [1.54, 1.807) is 16.2 Å². The molecule has 0 aliphatic rings. The van der Waals surface area contributed by atoms with Gasteiger partial charge in [0.1, 0.15) is 5.01 Å². The third-order valence-corrected chi connectivity index (χ3v) is 5.02. The average molecular weight is 339 g/mol. The molecule has 1 N–H and O–H groups in total. The fourth-order valence-corrected chi connectivity index (χ4v) is 3.53. The van der Waals surface area contributed by atoms with E-state index in [-0.39, 0.29) is 11.9 Å². The number of rotatable bonds is 6. The van der Waals surface area contributed by atoms with Gasteiger partial charge in [-0.2, -0.15) is 0 Å². The predicted octanol–water partition coefficient (Wildman–Crippen LogP) is 3.61. The topological polar surface area (TPSA) is 45.2 Å². The molecule has 1 heterocycles. The smallest absolute Gasteiger partial charge is 0.236 e. The number of hydrogen-bond acceptors (Lipinski definition) is 4. The van der Waals surface area contributed by atoms with Crippen molar-refractivity contribution in [2.24, 2.45) is 0 Å². The predicted molar refractivity (Wildman–Crippen MR) is 99.0 cm³/mol. The Morgan fingerprint density at radius 2 is 1.88 bits per heavy atom. The Hall–Kier alpha value is -2.24. The number of fused-ring (bicyclic) bond motifs is 1. The van der Waals surface area contributed by atoms with E-state index in [9.17, 15) is 4.79 Å². The standard InChI is InChI=1S/C19H21N3OS/c1-14(15-8-4-3-5-9-15)20-12-19(23)22(2)13-18-21-16-10-6-7-11-17(16)24-18/h3-11,14,20H,12-13H2,1-2H3/t14-/m1/s1. The van der Waals surface area contributed by atoms with Crippen molar-refractivity contribution in [2.45, 2.75) is 19.5 Å². The van der Waals surface area contributed by atoms with Gasteiger partial charge >= 0.3 is 0 Å². The normalized spacial score (nSPS) is 12.2. The molecule has 0 saturated heterocycles. The molecule has 0 bridgehead atoms. The number of thiazole rings is 1. The highest BCUT2D eigenvalue weighted by Crippen LogP contribution is 2.22. The minimum atomic E-state index is 0.0667. The molecule has 0 saturated carbocycles. The third-order valence-electron chi connectivity index (χ3n) is 4.00. The van der Waals surface area contributed by atoms with E-state index in [0.29, 0.717) is 13.1 Å². The first kappa shape index (κ1) is 16.6. The van der Waals surface area contributed by atoms with Crippen molar-refractivity contribution in [3.05, 3.63) is 65.2 Å². The van der Waals surface area contributed by atoms with Gasteiger partial charge in [-0.05, 0) is 24.6 Å². The molecule has 0 unspecified atom stereocenters. The molecule has 0 fully saturated rings. The zero-order chi connectivity index (χ0) is 16.9. The van der Waals surface area contributed by atoms with E-state index >= 15 is 0 Å². The SMILES string of the molecule is C[C@@H](NCC(=O)N(C)Cc1nc2ccccc2s1)c1ccccc1. The average Bonchev–Trinajstić information content (AvgIpc) is 3.02. The highest BCUT2D eigenvalue weighted by molar-refractivity contribution is 7.18. The quantitative estimate of drug-likeness (QED) is 0.746. The summed E-state index contributed by atoms with van der Waals surface area (Å²) in [4.78, 5) is 18.6. The Morgan fingerprint density at radius 3 is 2.62 bits per heavy atom. The molecule has 0 spiro atoms. The van der Waals surface area contributed by atoms with Crippen LogP contribution in [0.5, 0.6) is 0 Å². The number of para-hydroxylation sites is 1. The summed E-state index contributed by atoms with van der Waals surface area (Å²) in [5.41, 5.74) is 2.17. The molecular formula is C19H21N3OS. The van der Waals surface area contributed by atoms with Crippen LogP contribution in [-0.2, 0) is 11.3 Å². The first-order chi connectivity index (χ1) is 11.6.